The molecule has 0 aliphatic rings. The molecule has 0 amide bonds. The molecule has 0 unspecified atom stereocenters. The summed E-state index contributed by atoms with van der Waals surface area (Å²) in [4.78, 5) is 0. The van der Waals surface area contributed by atoms with Gasteiger partial charge >= 0.3 is 0 Å². The van der Waals surface area contributed by atoms with Crippen molar-refractivity contribution in [1.29, 1.82) is 0 Å². The monoisotopic (exact) mass is 430 g/mol. The van der Waals surface area contributed by atoms with E-state index in [1.165, 1.54) is 0 Å². The van der Waals surface area contributed by atoms with Gasteiger partial charge in [0.15, 0.2) is 0 Å². The van der Waals surface area contributed by atoms with Crippen LogP contribution in [0.25, 0.3) is 0 Å². The number of hydrogen-bond acceptors (Lipinski definition) is 3. The van der Waals surface area contributed by atoms with E-state index in [1.54, 1.807) is 14.2 Å². The quantitative estimate of drug-likeness (QED) is 0.517. The zero-order chi connectivity index (χ0) is 18.6. The van der Waals surface area contributed by atoms with E-state index < -0.39 is 7.14 Å². The van der Waals surface area contributed by atoms with Gasteiger partial charge in [0.1, 0.15) is 18.6 Å². The summed E-state index contributed by atoms with van der Waals surface area (Å²) in [5.41, 5.74) is 1.02. The van der Waals surface area contributed by atoms with Crippen LogP contribution < -0.4 is 20.1 Å². The van der Waals surface area contributed by atoms with Gasteiger partial charge in [-0.2, -0.15) is 0 Å². The Morgan fingerprint density at radius 1 is 0.769 bits per heavy atom. The molecule has 0 saturated carbocycles. The molecule has 0 aliphatic heterocycles. The van der Waals surface area contributed by atoms with E-state index in [0.29, 0.717) is 6.16 Å². The first-order valence-electron chi connectivity index (χ1n) is 8.18. The van der Waals surface area contributed by atoms with Crippen LogP contribution in [-0.2, 0) is 10.7 Å². The van der Waals surface area contributed by atoms with Crippen molar-refractivity contribution in [2.75, 3.05) is 14.2 Å². The van der Waals surface area contributed by atoms with Crippen molar-refractivity contribution in [3.63, 3.8) is 0 Å². The van der Waals surface area contributed by atoms with Crippen molar-refractivity contribution in [1.82, 2.24) is 0 Å². The normalized spacial score (nSPS) is 11.2. The molecular weight excluding hydrogens is 411 g/mol. The van der Waals surface area contributed by atoms with Crippen molar-refractivity contribution < 1.29 is 14.0 Å². The second-order valence-electron chi connectivity index (χ2n) is 5.89. The van der Waals surface area contributed by atoms with E-state index in [-0.39, 0.29) is 0 Å². The van der Waals surface area contributed by atoms with Gasteiger partial charge in [0.25, 0.3) is 0 Å². The summed E-state index contributed by atoms with van der Waals surface area (Å²) in [6.45, 7) is 0. The summed E-state index contributed by atoms with van der Waals surface area (Å²) in [6, 6.07) is 22.9. The molecule has 0 N–H and O–H groups in total. The molecule has 0 fully saturated rings. The molecule has 0 atom stereocenters. The number of ether oxygens (including phenoxy) is 2. The lowest BCUT2D eigenvalue weighted by Gasteiger charge is -2.21. The van der Waals surface area contributed by atoms with Gasteiger partial charge in [-0.25, -0.2) is 0 Å². The Morgan fingerprint density at radius 2 is 1.23 bits per heavy atom. The van der Waals surface area contributed by atoms with E-state index in [4.69, 9.17) is 9.47 Å². The highest BCUT2D eigenvalue weighted by Crippen LogP contribution is 2.48. The molecule has 3 nitrogen and oxygen atoms in total. The number of rotatable bonds is 6. The van der Waals surface area contributed by atoms with Crippen LogP contribution in [0.5, 0.6) is 11.5 Å². The number of halogens is 1. The largest absolute Gasteiger partial charge is 0.497 e. The van der Waals surface area contributed by atoms with Gasteiger partial charge in [-0.15, -0.1) is 0 Å². The summed E-state index contributed by atoms with van der Waals surface area (Å²) >= 11 is 3.58. The molecule has 0 spiro atoms. The first-order valence-corrected chi connectivity index (χ1v) is 10.9. The second-order valence-corrected chi connectivity index (χ2v) is 9.57. The fraction of sp³-hybridized carbons (Fsp3) is 0.143. The third-order valence-electron chi connectivity index (χ3n) is 4.33. The third kappa shape index (κ3) is 3.87. The van der Waals surface area contributed by atoms with Gasteiger partial charge in [0.05, 0.1) is 14.2 Å². The first-order chi connectivity index (χ1) is 12.6. The highest BCUT2D eigenvalue weighted by atomic mass is 79.9. The summed E-state index contributed by atoms with van der Waals surface area (Å²) in [6.07, 6.45) is 0.438. The molecule has 3 aromatic carbocycles. The van der Waals surface area contributed by atoms with Gasteiger partial charge in [0.2, 0.25) is 0 Å². The molecule has 0 radical (unpaired) electrons. The van der Waals surface area contributed by atoms with Crippen molar-refractivity contribution in [3.8, 4) is 11.5 Å². The molecule has 0 heterocycles. The minimum absolute atomic E-state index is 0.438. The molecule has 5 heteroatoms. The van der Waals surface area contributed by atoms with Crippen LogP contribution in [-0.4, -0.2) is 14.2 Å². The maximum absolute atomic E-state index is 14.2. The number of hydrogen-bond donors (Lipinski definition) is 0. The Morgan fingerprint density at radius 3 is 1.65 bits per heavy atom. The highest BCUT2D eigenvalue weighted by Gasteiger charge is 2.28. The first kappa shape index (κ1) is 18.8. The Balaban J connectivity index is 2.10. The highest BCUT2D eigenvalue weighted by molar-refractivity contribution is 9.10. The van der Waals surface area contributed by atoms with E-state index in [2.05, 4.69) is 15.9 Å². The molecule has 134 valence electrons. The van der Waals surface area contributed by atoms with Gasteiger partial charge in [-0.1, -0.05) is 34.1 Å². The summed E-state index contributed by atoms with van der Waals surface area (Å²) < 4.78 is 25.7. The van der Waals surface area contributed by atoms with Gasteiger partial charge in [-0.05, 0) is 60.2 Å². The zero-order valence-corrected chi connectivity index (χ0v) is 17.2. The van der Waals surface area contributed by atoms with Gasteiger partial charge < -0.3 is 14.0 Å². The fourth-order valence-corrected chi connectivity index (χ4v) is 6.17. The smallest absolute Gasteiger partial charge is 0.147 e. The van der Waals surface area contributed by atoms with Crippen molar-refractivity contribution in [2.45, 2.75) is 6.16 Å². The van der Waals surface area contributed by atoms with E-state index in [0.717, 1.165) is 32.1 Å². The minimum Gasteiger partial charge on any atom is -0.497 e. The van der Waals surface area contributed by atoms with Crippen molar-refractivity contribution >= 4 is 33.7 Å². The van der Waals surface area contributed by atoms with Crippen LogP contribution in [0.1, 0.15) is 5.56 Å². The molecule has 0 bridgehead atoms. The number of methoxy groups -OCH3 is 2. The van der Waals surface area contributed by atoms with E-state index >= 15 is 0 Å². The average molecular weight is 431 g/mol. The molecule has 3 aromatic rings. The van der Waals surface area contributed by atoms with Crippen LogP contribution in [0.15, 0.2) is 77.3 Å². The topological polar surface area (TPSA) is 35.5 Å². The van der Waals surface area contributed by atoms with Gasteiger partial charge in [-0.3, -0.25) is 0 Å². The standard InChI is InChI=1S/C21H20BrO3P/c1-24-17-7-11-19(12-8-17)26(23,15-16-5-3-4-6-21(16)22)20-13-9-18(25-2)10-14-20/h3-14H,15H2,1-2H3. The minimum atomic E-state index is -2.87. The zero-order valence-electron chi connectivity index (χ0n) is 14.7. The fourth-order valence-electron chi connectivity index (χ4n) is 2.84. The number of benzene rings is 3. The Labute approximate surface area is 162 Å². The van der Waals surface area contributed by atoms with Crippen LogP contribution in [0.4, 0.5) is 0 Å². The van der Waals surface area contributed by atoms with Crippen molar-refractivity contribution in [2.24, 2.45) is 0 Å². The lowest BCUT2D eigenvalue weighted by molar-refractivity contribution is 0.415. The Hall–Kier alpha value is -2.03. The summed E-state index contributed by atoms with van der Waals surface area (Å²) in [5.74, 6) is 1.49. The molecule has 0 saturated heterocycles. The molecule has 0 aromatic heterocycles. The van der Waals surface area contributed by atoms with Crippen LogP contribution in [0, 0.1) is 0 Å². The lowest BCUT2D eigenvalue weighted by atomic mass is 10.2. The molecular formula is C21H20BrO3P. The SMILES string of the molecule is COc1ccc(P(=O)(Cc2ccccc2Br)c2ccc(OC)cc2)cc1. The summed E-state index contributed by atoms with van der Waals surface area (Å²) in [7, 11) is 0.374. The predicted molar refractivity (Wildman–Crippen MR) is 111 cm³/mol. The summed E-state index contributed by atoms with van der Waals surface area (Å²) in [5, 5.41) is 1.61. The van der Waals surface area contributed by atoms with Crippen LogP contribution in [0.2, 0.25) is 0 Å². The van der Waals surface area contributed by atoms with Crippen molar-refractivity contribution in [3.05, 3.63) is 82.8 Å². The van der Waals surface area contributed by atoms with Crippen LogP contribution in [0.3, 0.4) is 0 Å². The van der Waals surface area contributed by atoms with E-state index in [9.17, 15) is 4.57 Å². The lowest BCUT2D eigenvalue weighted by Crippen LogP contribution is -2.18. The molecule has 0 aliphatic carbocycles. The maximum Gasteiger partial charge on any atom is 0.147 e. The van der Waals surface area contributed by atoms with Gasteiger partial charge in [0, 0.05) is 21.2 Å². The molecule has 26 heavy (non-hydrogen) atoms. The molecule has 3 rings (SSSR count). The van der Waals surface area contributed by atoms with E-state index in [1.807, 2.05) is 72.8 Å². The maximum atomic E-state index is 14.2. The predicted octanol–water partition coefficient (Wildman–Crippen LogP) is 4.98. The Bertz CT molecular complexity index is 869. The average Bonchev–Trinajstić information content (AvgIpc) is 2.70. The third-order valence-corrected chi connectivity index (χ3v) is 8.15. The second kappa shape index (κ2) is 8.11. The Kier molecular flexibility index (Phi) is 5.85. The van der Waals surface area contributed by atoms with Crippen LogP contribution >= 0.6 is 23.1 Å².